The number of carbonyl (C=O) groups is 2. The van der Waals surface area contributed by atoms with Crippen LogP contribution in [0, 0.1) is 6.92 Å². The van der Waals surface area contributed by atoms with Gasteiger partial charge in [-0.15, -0.1) is 11.3 Å². The predicted octanol–water partition coefficient (Wildman–Crippen LogP) is 5.61. The standard InChI is InChI=1S/C27H24F3N3O5S/c1-3-20(23(34)32-18-9-7-8-17(14-18)27(28,29)30)33-15-31-24-21(25(33)35)16(2)22(39-24)26(36)38-13-12-37-19-10-5-4-6-11-19/h4-11,14-15,20H,3,12-13H2,1-2H3,(H,32,34). The summed E-state index contributed by atoms with van der Waals surface area (Å²) in [6, 6.07) is 12.2. The summed E-state index contributed by atoms with van der Waals surface area (Å²) in [5, 5.41) is 2.61. The van der Waals surface area contributed by atoms with Crippen LogP contribution in [0.25, 0.3) is 10.2 Å². The number of rotatable bonds is 9. The molecule has 0 bridgehead atoms. The van der Waals surface area contributed by atoms with E-state index in [0.717, 1.165) is 28.0 Å². The Labute approximate surface area is 225 Å². The van der Waals surface area contributed by atoms with Crippen molar-refractivity contribution in [3.05, 3.63) is 87.3 Å². The molecule has 204 valence electrons. The number of hydrogen-bond acceptors (Lipinski definition) is 7. The van der Waals surface area contributed by atoms with Crippen LogP contribution < -0.4 is 15.6 Å². The summed E-state index contributed by atoms with van der Waals surface area (Å²) in [6.07, 6.45) is -3.21. The maximum atomic E-state index is 13.4. The highest BCUT2D eigenvalue weighted by Gasteiger charge is 2.31. The third-order valence-electron chi connectivity index (χ3n) is 5.87. The highest BCUT2D eigenvalue weighted by Crippen LogP contribution is 2.31. The number of benzene rings is 2. The van der Waals surface area contributed by atoms with Crippen molar-refractivity contribution in [1.29, 1.82) is 0 Å². The molecular formula is C27H24F3N3O5S. The fourth-order valence-electron chi connectivity index (χ4n) is 3.94. The molecule has 0 aliphatic rings. The zero-order chi connectivity index (χ0) is 28.2. The summed E-state index contributed by atoms with van der Waals surface area (Å²) in [5.74, 6) is -0.669. The second kappa shape index (κ2) is 11.7. The van der Waals surface area contributed by atoms with Gasteiger partial charge in [0.05, 0.1) is 17.3 Å². The van der Waals surface area contributed by atoms with Gasteiger partial charge in [0, 0.05) is 5.69 Å². The number of amides is 1. The summed E-state index contributed by atoms with van der Waals surface area (Å²) in [4.78, 5) is 43.8. The summed E-state index contributed by atoms with van der Waals surface area (Å²) in [7, 11) is 0. The Morgan fingerprint density at radius 3 is 2.54 bits per heavy atom. The molecule has 39 heavy (non-hydrogen) atoms. The third kappa shape index (κ3) is 6.28. The number of aromatic nitrogens is 2. The van der Waals surface area contributed by atoms with E-state index in [0.29, 0.717) is 16.1 Å². The van der Waals surface area contributed by atoms with Crippen molar-refractivity contribution in [3.8, 4) is 5.75 Å². The first-order valence-electron chi connectivity index (χ1n) is 11.9. The number of thiophene rings is 1. The molecule has 2 aromatic carbocycles. The zero-order valence-electron chi connectivity index (χ0n) is 20.9. The van der Waals surface area contributed by atoms with Gasteiger partial charge in [0.15, 0.2) is 0 Å². The molecule has 0 spiro atoms. The highest BCUT2D eigenvalue weighted by molar-refractivity contribution is 7.20. The number of esters is 1. The number of anilines is 1. The molecule has 0 saturated heterocycles. The van der Waals surface area contributed by atoms with Gasteiger partial charge in [0.25, 0.3) is 5.56 Å². The van der Waals surface area contributed by atoms with Crippen molar-refractivity contribution >= 4 is 39.1 Å². The normalized spacial score (nSPS) is 12.2. The SMILES string of the molecule is CCC(C(=O)Nc1cccc(C(F)(F)F)c1)n1cnc2sc(C(=O)OCCOc3ccccc3)c(C)c2c1=O. The lowest BCUT2D eigenvalue weighted by molar-refractivity contribution is -0.137. The van der Waals surface area contributed by atoms with Gasteiger partial charge < -0.3 is 14.8 Å². The summed E-state index contributed by atoms with van der Waals surface area (Å²) in [6.45, 7) is 3.39. The van der Waals surface area contributed by atoms with E-state index in [1.807, 2.05) is 18.2 Å². The molecule has 1 N–H and O–H groups in total. The molecule has 12 heteroatoms. The van der Waals surface area contributed by atoms with Crippen LogP contribution in [-0.4, -0.2) is 34.6 Å². The molecule has 1 amide bonds. The van der Waals surface area contributed by atoms with E-state index < -0.39 is 35.2 Å². The zero-order valence-corrected chi connectivity index (χ0v) is 21.8. The number of nitrogens with zero attached hydrogens (tertiary/aromatic N) is 2. The van der Waals surface area contributed by atoms with Crippen LogP contribution >= 0.6 is 11.3 Å². The minimum atomic E-state index is -4.57. The van der Waals surface area contributed by atoms with Crippen molar-refractivity contribution in [2.24, 2.45) is 0 Å². The molecule has 2 heterocycles. The van der Waals surface area contributed by atoms with Gasteiger partial charge in [-0.2, -0.15) is 13.2 Å². The van der Waals surface area contributed by atoms with E-state index in [2.05, 4.69) is 10.3 Å². The molecule has 0 fully saturated rings. The van der Waals surface area contributed by atoms with Crippen molar-refractivity contribution in [1.82, 2.24) is 9.55 Å². The number of halogens is 3. The smallest absolute Gasteiger partial charge is 0.416 e. The van der Waals surface area contributed by atoms with E-state index in [-0.39, 0.29) is 35.6 Å². The van der Waals surface area contributed by atoms with Crippen molar-refractivity contribution in [2.75, 3.05) is 18.5 Å². The monoisotopic (exact) mass is 559 g/mol. The van der Waals surface area contributed by atoms with Crippen LogP contribution in [0.4, 0.5) is 18.9 Å². The molecule has 4 aromatic rings. The minimum absolute atomic E-state index is 0.00725. The number of hydrogen-bond donors (Lipinski definition) is 1. The van der Waals surface area contributed by atoms with E-state index in [1.165, 1.54) is 18.5 Å². The van der Waals surface area contributed by atoms with Crippen LogP contribution in [0.3, 0.4) is 0 Å². The first kappa shape index (κ1) is 27.8. The van der Waals surface area contributed by atoms with Gasteiger partial charge in [-0.25, -0.2) is 9.78 Å². The van der Waals surface area contributed by atoms with Gasteiger partial charge >= 0.3 is 12.1 Å². The Morgan fingerprint density at radius 1 is 1.10 bits per heavy atom. The van der Waals surface area contributed by atoms with Gasteiger partial charge in [-0.3, -0.25) is 14.2 Å². The van der Waals surface area contributed by atoms with Crippen LogP contribution in [-0.2, 0) is 15.7 Å². The number of para-hydroxylation sites is 1. The van der Waals surface area contributed by atoms with E-state index in [1.54, 1.807) is 26.0 Å². The molecule has 0 aliphatic heterocycles. The maximum absolute atomic E-state index is 13.4. The van der Waals surface area contributed by atoms with Gasteiger partial charge in [-0.1, -0.05) is 31.2 Å². The number of fused-ring (bicyclic) bond motifs is 1. The lowest BCUT2D eigenvalue weighted by Gasteiger charge is -2.18. The Hall–Kier alpha value is -4.19. The second-order valence-corrected chi connectivity index (χ2v) is 9.48. The van der Waals surface area contributed by atoms with Crippen LogP contribution in [0.5, 0.6) is 5.75 Å². The topological polar surface area (TPSA) is 99.5 Å². The molecule has 2 aromatic heterocycles. The minimum Gasteiger partial charge on any atom is -0.490 e. The Kier molecular flexibility index (Phi) is 8.34. The Balaban J connectivity index is 1.51. The summed E-state index contributed by atoms with van der Waals surface area (Å²) < 4.78 is 51.1. The molecule has 0 saturated carbocycles. The first-order valence-corrected chi connectivity index (χ1v) is 12.7. The Bertz CT molecular complexity index is 1550. The molecule has 8 nitrogen and oxygen atoms in total. The largest absolute Gasteiger partial charge is 0.490 e. The van der Waals surface area contributed by atoms with Crippen molar-refractivity contribution in [2.45, 2.75) is 32.5 Å². The predicted molar refractivity (Wildman–Crippen MR) is 140 cm³/mol. The highest BCUT2D eigenvalue weighted by atomic mass is 32.1. The number of carbonyl (C=O) groups excluding carboxylic acids is 2. The molecule has 0 aliphatic carbocycles. The number of ether oxygens (including phenoxy) is 2. The van der Waals surface area contributed by atoms with Crippen LogP contribution in [0.1, 0.15) is 40.2 Å². The molecule has 1 unspecified atom stereocenters. The molecule has 0 radical (unpaired) electrons. The van der Waals surface area contributed by atoms with Crippen LogP contribution in [0.2, 0.25) is 0 Å². The molecular weight excluding hydrogens is 535 g/mol. The van der Waals surface area contributed by atoms with E-state index in [4.69, 9.17) is 9.47 Å². The summed E-state index contributed by atoms with van der Waals surface area (Å²) >= 11 is 0.997. The second-order valence-electron chi connectivity index (χ2n) is 8.48. The van der Waals surface area contributed by atoms with Gasteiger partial charge in [0.1, 0.15) is 34.7 Å². The average Bonchev–Trinajstić information content (AvgIpc) is 3.25. The fraction of sp³-hybridized carbons (Fsp3) is 0.259. The first-order chi connectivity index (χ1) is 18.6. The molecule has 1 atom stereocenters. The Morgan fingerprint density at radius 2 is 1.85 bits per heavy atom. The number of nitrogens with one attached hydrogen (secondary N) is 1. The fourth-order valence-corrected chi connectivity index (χ4v) is 4.97. The number of aryl methyl sites for hydroxylation is 1. The number of alkyl halides is 3. The van der Waals surface area contributed by atoms with Gasteiger partial charge in [-0.05, 0) is 49.2 Å². The maximum Gasteiger partial charge on any atom is 0.416 e. The quantitative estimate of drug-likeness (QED) is 0.211. The van der Waals surface area contributed by atoms with E-state index in [9.17, 15) is 27.6 Å². The van der Waals surface area contributed by atoms with Crippen LogP contribution in [0.15, 0.2) is 65.7 Å². The summed E-state index contributed by atoms with van der Waals surface area (Å²) in [5.41, 5.74) is -1.15. The lowest BCUT2D eigenvalue weighted by atomic mass is 10.1. The van der Waals surface area contributed by atoms with Crippen molar-refractivity contribution < 1.29 is 32.2 Å². The third-order valence-corrected chi connectivity index (χ3v) is 7.05. The van der Waals surface area contributed by atoms with E-state index >= 15 is 0 Å². The lowest BCUT2D eigenvalue weighted by Crippen LogP contribution is -2.33. The van der Waals surface area contributed by atoms with Gasteiger partial charge in [0.2, 0.25) is 5.91 Å². The average molecular weight is 560 g/mol. The molecule has 4 rings (SSSR count). The van der Waals surface area contributed by atoms with Crippen molar-refractivity contribution in [3.63, 3.8) is 0 Å².